The third-order valence-corrected chi connectivity index (χ3v) is 3.41. The molecule has 21 heavy (non-hydrogen) atoms. The second-order valence-electron chi connectivity index (χ2n) is 5.84. The van der Waals surface area contributed by atoms with Crippen LogP contribution in [-0.2, 0) is 4.74 Å². The Balaban J connectivity index is 2.00. The van der Waals surface area contributed by atoms with Crippen molar-refractivity contribution in [2.75, 3.05) is 6.61 Å². The van der Waals surface area contributed by atoms with Crippen LogP contribution in [0.15, 0.2) is 12.1 Å². The van der Waals surface area contributed by atoms with Crippen LogP contribution in [-0.4, -0.2) is 18.4 Å². The van der Waals surface area contributed by atoms with Gasteiger partial charge in [0.15, 0.2) is 0 Å². The summed E-state index contributed by atoms with van der Waals surface area (Å²) in [4.78, 5) is 12.1. The van der Waals surface area contributed by atoms with Gasteiger partial charge in [0, 0.05) is 19.4 Å². The average molecular weight is 298 g/mol. The van der Waals surface area contributed by atoms with Crippen molar-refractivity contribution in [1.82, 2.24) is 0 Å². The van der Waals surface area contributed by atoms with E-state index >= 15 is 0 Å². The summed E-state index contributed by atoms with van der Waals surface area (Å²) in [5.41, 5.74) is -0.149. The fourth-order valence-electron chi connectivity index (χ4n) is 2.18. The standard InChI is InChI=1S/C15H16F2O4/c1-15(2)20-11-6-9(13(16)17)5-10(12(11)14(18)21-15)19-7-8-3-4-8/h5-6,8,13H,3-4,7H2,1-2H3. The first-order valence-electron chi connectivity index (χ1n) is 6.87. The maximum absolute atomic E-state index is 13.0. The van der Waals surface area contributed by atoms with Crippen molar-refractivity contribution in [2.45, 2.75) is 38.9 Å². The van der Waals surface area contributed by atoms with Crippen LogP contribution in [0.1, 0.15) is 49.0 Å². The maximum atomic E-state index is 13.0. The lowest BCUT2D eigenvalue weighted by Crippen LogP contribution is -2.39. The van der Waals surface area contributed by atoms with Crippen LogP contribution in [0.2, 0.25) is 0 Å². The second kappa shape index (κ2) is 4.86. The third-order valence-electron chi connectivity index (χ3n) is 3.41. The van der Waals surface area contributed by atoms with Crippen molar-refractivity contribution in [1.29, 1.82) is 0 Å². The number of carbonyl (C=O) groups is 1. The fourth-order valence-corrected chi connectivity index (χ4v) is 2.18. The number of ether oxygens (including phenoxy) is 3. The van der Waals surface area contributed by atoms with Crippen molar-refractivity contribution in [3.05, 3.63) is 23.3 Å². The lowest BCUT2D eigenvalue weighted by molar-refractivity contribution is -0.127. The summed E-state index contributed by atoms with van der Waals surface area (Å²) in [6.45, 7) is 3.51. The molecule has 1 aliphatic carbocycles. The van der Waals surface area contributed by atoms with Crippen molar-refractivity contribution in [3.63, 3.8) is 0 Å². The minimum Gasteiger partial charge on any atom is -0.492 e. The molecule has 2 aliphatic rings. The topological polar surface area (TPSA) is 44.8 Å². The number of fused-ring (bicyclic) bond motifs is 1. The van der Waals surface area contributed by atoms with Crippen LogP contribution in [0.3, 0.4) is 0 Å². The minimum atomic E-state index is -2.66. The quantitative estimate of drug-likeness (QED) is 0.795. The molecular weight excluding hydrogens is 282 g/mol. The van der Waals surface area contributed by atoms with Gasteiger partial charge in [0.1, 0.15) is 17.1 Å². The van der Waals surface area contributed by atoms with E-state index < -0.39 is 18.2 Å². The molecule has 1 aliphatic heterocycles. The second-order valence-corrected chi connectivity index (χ2v) is 5.84. The summed E-state index contributed by atoms with van der Waals surface area (Å²) in [5.74, 6) is -1.17. The van der Waals surface area contributed by atoms with Gasteiger partial charge >= 0.3 is 5.97 Å². The Hall–Kier alpha value is -1.85. The van der Waals surface area contributed by atoms with E-state index in [0.717, 1.165) is 12.8 Å². The van der Waals surface area contributed by atoms with Gasteiger partial charge in [0.05, 0.1) is 6.61 Å². The number of hydrogen-bond donors (Lipinski definition) is 0. The summed E-state index contributed by atoms with van der Waals surface area (Å²) < 4.78 is 42.1. The van der Waals surface area contributed by atoms with Gasteiger partial charge in [-0.05, 0) is 30.9 Å². The maximum Gasteiger partial charge on any atom is 0.349 e. The number of carbonyl (C=O) groups excluding carboxylic acids is 1. The smallest absolute Gasteiger partial charge is 0.349 e. The molecule has 0 unspecified atom stereocenters. The Morgan fingerprint density at radius 3 is 2.67 bits per heavy atom. The van der Waals surface area contributed by atoms with Gasteiger partial charge in [0.25, 0.3) is 6.43 Å². The summed E-state index contributed by atoms with van der Waals surface area (Å²) in [7, 11) is 0. The highest BCUT2D eigenvalue weighted by molar-refractivity contribution is 5.96. The van der Waals surface area contributed by atoms with Crippen molar-refractivity contribution in [2.24, 2.45) is 5.92 Å². The monoisotopic (exact) mass is 298 g/mol. The molecule has 1 aromatic carbocycles. The predicted molar refractivity (Wildman–Crippen MR) is 69.7 cm³/mol. The number of alkyl halides is 2. The predicted octanol–water partition coefficient (Wildman–Crippen LogP) is 3.70. The lowest BCUT2D eigenvalue weighted by atomic mass is 10.1. The van der Waals surface area contributed by atoms with E-state index in [9.17, 15) is 13.6 Å². The highest BCUT2D eigenvalue weighted by Crippen LogP contribution is 2.41. The Morgan fingerprint density at radius 2 is 2.05 bits per heavy atom. The molecule has 0 saturated heterocycles. The molecule has 3 rings (SSSR count). The van der Waals surface area contributed by atoms with E-state index in [1.165, 1.54) is 12.1 Å². The Kier molecular flexibility index (Phi) is 3.26. The number of rotatable bonds is 4. The number of cyclic esters (lactones) is 1. The van der Waals surface area contributed by atoms with E-state index in [1.54, 1.807) is 13.8 Å². The first kappa shape index (κ1) is 14.1. The molecule has 1 aromatic rings. The zero-order valence-corrected chi connectivity index (χ0v) is 11.8. The molecule has 114 valence electrons. The largest absolute Gasteiger partial charge is 0.492 e. The fraction of sp³-hybridized carbons (Fsp3) is 0.533. The molecular formula is C15H16F2O4. The summed E-state index contributed by atoms with van der Waals surface area (Å²) >= 11 is 0. The first-order chi connectivity index (χ1) is 9.85. The Bertz CT molecular complexity index is 579. The lowest BCUT2D eigenvalue weighted by Gasteiger charge is -2.32. The molecule has 0 atom stereocenters. The van der Waals surface area contributed by atoms with E-state index in [2.05, 4.69) is 0 Å². The number of hydrogen-bond acceptors (Lipinski definition) is 4. The van der Waals surface area contributed by atoms with Crippen molar-refractivity contribution in [3.8, 4) is 11.5 Å². The summed E-state index contributed by atoms with van der Waals surface area (Å²) in [5, 5.41) is 0. The number of benzene rings is 1. The van der Waals surface area contributed by atoms with Crippen LogP contribution >= 0.6 is 0 Å². The normalized spacial score (nSPS) is 19.8. The molecule has 0 N–H and O–H groups in total. The van der Waals surface area contributed by atoms with Gasteiger partial charge in [-0.2, -0.15) is 0 Å². The van der Waals surface area contributed by atoms with Crippen molar-refractivity contribution < 1.29 is 27.8 Å². The van der Waals surface area contributed by atoms with Crippen LogP contribution in [0.25, 0.3) is 0 Å². The number of esters is 1. The van der Waals surface area contributed by atoms with E-state index in [0.29, 0.717) is 12.5 Å². The minimum absolute atomic E-state index is 0.0828. The molecule has 1 heterocycles. The molecule has 0 bridgehead atoms. The van der Waals surface area contributed by atoms with Crippen molar-refractivity contribution >= 4 is 5.97 Å². The SMILES string of the molecule is CC1(C)OC(=O)c2c(OCC3CC3)cc(C(F)F)cc2O1. The highest BCUT2D eigenvalue weighted by atomic mass is 19.3. The molecule has 1 saturated carbocycles. The Morgan fingerprint density at radius 1 is 1.33 bits per heavy atom. The van der Waals surface area contributed by atoms with Gasteiger partial charge in [0.2, 0.25) is 5.79 Å². The van der Waals surface area contributed by atoms with Crippen LogP contribution in [0.4, 0.5) is 8.78 Å². The van der Waals surface area contributed by atoms with Gasteiger partial charge in [-0.25, -0.2) is 13.6 Å². The molecule has 0 radical (unpaired) electrons. The zero-order chi connectivity index (χ0) is 15.2. The molecule has 1 fully saturated rings. The summed E-state index contributed by atoms with van der Waals surface area (Å²) in [6, 6.07) is 2.36. The van der Waals surface area contributed by atoms with Gasteiger partial charge < -0.3 is 14.2 Å². The van der Waals surface area contributed by atoms with E-state index in [1.807, 2.05) is 0 Å². The molecule has 4 nitrogen and oxygen atoms in total. The molecule has 0 aromatic heterocycles. The highest BCUT2D eigenvalue weighted by Gasteiger charge is 2.37. The van der Waals surface area contributed by atoms with E-state index in [-0.39, 0.29) is 22.6 Å². The van der Waals surface area contributed by atoms with Crippen LogP contribution < -0.4 is 9.47 Å². The molecule has 6 heteroatoms. The average Bonchev–Trinajstić information content (AvgIpc) is 3.17. The number of halogens is 2. The Labute approximate surface area is 121 Å². The van der Waals surface area contributed by atoms with Gasteiger partial charge in [-0.3, -0.25) is 0 Å². The van der Waals surface area contributed by atoms with Gasteiger partial charge in [-0.15, -0.1) is 0 Å². The zero-order valence-electron chi connectivity index (χ0n) is 11.8. The first-order valence-corrected chi connectivity index (χ1v) is 6.87. The van der Waals surface area contributed by atoms with E-state index in [4.69, 9.17) is 14.2 Å². The van der Waals surface area contributed by atoms with Crippen LogP contribution in [0, 0.1) is 5.92 Å². The summed E-state index contributed by atoms with van der Waals surface area (Å²) in [6.07, 6.45) is -0.543. The van der Waals surface area contributed by atoms with Crippen LogP contribution in [0.5, 0.6) is 11.5 Å². The van der Waals surface area contributed by atoms with Gasteiger partial charge in [-0.1, -0.05) is 0 Å². The molecule has 0 spiro atoms. The molecule has 0 amide bonds. The third kappa shape index (κ3) is 2.94.